The number of aliphatic imine (C=N–C) groups is 1. The molecule has 0 aromatic carbocycles. The molecule has 0 unspecified atom stereocenters. The summed E-state index contributed by atoms with van der Waals surface area (Å²) in [5.74, 6) is 1.97. The van der Waals surface area contributed by atoms with E-state index >= 15 is 0 Å². The number of likely N-dealkylation sites (tertiary alicyclic amines) is 1. The number of unbranched alkanes of at least 4 members (excludes halogenated alkanes) is 1. The maximum atomic E-state index is 4.77. The summed E-state index contributed by atoms with van der Waals surface area (Å²) in [6, 6.07) is 0. The van der Waals surface area contributed by atoms with E-state index in [2.05, 4.69) is 42.9 Å². The van der Waals surface area contributed by atoms with Crippen LogP contribution in [0.5, 0.6) is 0 Å². The van der Waals surface area contributed by atoms with E-state index in [1.165, 1.54) is 38.8 Å². The zero-order valence-electron chi connectivity index (χ0n) is 14.4. The molecule has 1 N–H and O–H groups in total. The zero-order chi connectivity index (χ0) is 14.8. The standard InChI is InChI=1S/C16H34N4.HI/c1-5-7-11-19(4)16(17-6-2)18-10-14-20-12-8-15(3)9-13-20;/h15H,5-14H2,1-4H3,(H,17,18);1H. The van der Waals surface area contributed by atoms with Gasteiger partial charge in [0.05, 0.1) is 6.54 Å². The van der Waals surface area contributed by atoms with Crippen LogP contribution in [0.15, 0.2) is 4.99 Å². The Kier molecular flexibility index (Phi) is 12.5. The fourth-order valence-corrected chi connectivity index (χ4v) is 2.55. The first-order chi connectivity index (χ1) is 9.67. The monoisotopic (exact) mass is 410 g/mol. The van der Waals surface area contributed by atoms with Crippen LogP contribution in [0.25, 0.3) is 0 Å². The van der Waals surface area contributed by atoms with Crippen molar-refractivity contribution in [1.29, 1.82) is 0 Å². The highest BCUT2D eigenvalue weighted by atomic mass is 127. The summed E-state index contributed by atoms with van der Waals surface area (Å²) < 4.78 is 0. The number of nitrogens with zero attached hydrogens (tertiary/aromatic N) is 3. The number of piperidine rings is 1. The molecule has 126 valence electrons. The molecular formula is C16H35IN4. The van der Waals surface area contributed by atoms with E-state index in [-0.39, 0.29) is 24.0 Å². The maximum absolute atomic E-state index is 4.77. The largest absolute Gasteiger partial charge is 0.357 e. The van der Waals surface area contributed by atoms with Crippen molar-refractivity contribution in [2.75, 3.05) is 46.3 Å². The van der Waals surface area contributed by atoms with Gasteiger partial charge in [0.1, 0.15) is 0 Å². The van der Waals surface area contributed by atoms with Gasteiger partial charge in [0, 0.05) is 26.7 Å². The Morgan fingerprint density at radius 2 is 1.95 bits per heavy atom. The van der Waals surface area contributed by atoms with Gasteiger partial charge >= 0.3 is 0 Å². The summed E-state index contributed by atoms with van der Waals surface area (Å²) in [5, 5.41) is 3.39. The molecule has 0 aromatic rings. The van der Waals surface area contributed by atoms with E-state index in [9.17, 15) is 0 Å². The van der Waals surface area contributed by atoms with Crippen molar-refractivity contribution in [2.45, 2.75) is 46.5 Å². The quantitative estimate of drug-likeness (QED) is 0.398. The fourth-order valence-electron chi connectivity index (χ4n) is 2.55. The van der Waals surface area contributed by atoms with E-state index in [1.54, 1.807) is 0 Å². The minimum Gasteiger partial charge on any atom is -0.357 e. The number of halogens is 1. The smallest absolute Gasteiger partial charge is 0.193 e. The summed E-state index contributed by atoms with van der Waals surface area (Å²) in [7, 11) is 2.14. The number of hydrogen-bond donors (Lipinski definition) is 1. The molecule has 1 aliphatic rings. The minimum atomic E-state index is 0. The third kappa shape index (κ3) is 8.86. The van der Waals surface area contributed by atoms with Gasteiger partial charge in [-0.15, -0.1) is 24.0 Å². The summed E-state index contributed by atoms with van der Waals surface area (Å²) in [5.41, 5.74) is 0. The molecule has 0 amide bonds. The van der Waals surface area contributed by atoms with Crippen molar-refractivity contribution >= 4 is 29.9 Å². The van der Waals surface area contributed by atoms with E-state index in [1.807, 2.05) is 0 Å². The summed E-state index contributed by atoms with van der Waals surface area (Å²) in [6.45, 7) is 13.3. The lowest BCUT2D eigenvalue weighted by Crippen LogP contribution is -2.40. The first kappa shape index (κ1) is 21.0. The molecule has 0 aliphatic carbocycles. The van der Waals surface area contributed by atoms with E-state index in [0.717, 1.165) is 38.1 Å². The molecular weight excluding hydrogens is 375 g/mol. The van der Waals surface area contributed by atoms with E-state index < -0.39 is 0 Å². The van der Waals surface area contributed by atoms with E-state index in [0.29, 0.717) is 0 Å². The van der Waals surface area contributed by atoms with Crippen LogP contribution in [0.3, 0.4) is 0 Å². The molecule has 5 heteroatoms. The number of hydrogen-bond acceptors (Lipinski definition) is 2. The summed E-state index contributed by atoms with van der Waals surface area (Å²) in [6.07, 6.45) is 5.15. The van der Waals surface area contributed by atoms with Crippen LogP contribution in [0.2, 0.25) is 0 Å². The molecule has 21 heavy (non-hydrogen) atoms. The number of rotatable bonds is 7. The van der Waals surface area contributed by atoms with Gasteiger partial charge in [-0.25, -0.2) is 0 Å². The van der Waals surface area contributed by atoms with Crippen LogP contribution in [0.4, 0.5) is 0 Å². The molecule has 1 aliphatic heterocycles. The molecule has 0 saturated carbocycles. The van der Waals surface area contributed by atoms with E-state index in [4.69, 9.17) is 4.99 Å². The average Bonchev–Trinajstić information content (AvgIpc) is 2.46. The molecule has 4 nitrogen and oxygen atoms in total. The van der Waals surface area contributed by atoms with Gasteiger partial charge in [-0.05, 0) is 45.2 Å². The molecule has 1 fully saturated rings. The highest BCUT2D eigenvalue weighted by Gasteiger charge is 2.14. The van der Waals surface area contributed by atoms with Crippen molar-refractivity contribution in [3.63, 3.8) is 0 Å². The Labute approximate surface area is 148 Å². The van der Waals surface area contributed by atoms with Crippen LogP contribution >= 0.6 is 24.0 Å². The van der Waals surface area contributed by atoms with Gasteiger partial charge in [-0.1, -0.05) is 20.3 Å². The molecule has 1 heterocycles. The Morgan fingerprint density at radius 3 is 2.52 bits per heavy atom. The Hall–Kier alpha value is -0.0400. The minimum absolute atomic E-state index is 0. The van der Waals surface area contributed by atoms with Crippen LogP contribution in [0.1, 0.15) is 46.5 Å². The molecule has 0 spiro atoms. The third-order valence-corrected chi connectivity index (χ3v) is 4.10. The van der Waals surface area contributed by atoms with Crippen LogP contribution in [0, 0.1) is 5.92 Å². The third-order valence-electron chi connectivity index (χ3n) is 4.10. The predicted molar refractivity (Wildman–Crippen MR) is 104 cm³/mol. The van der Waals surface area contributed by atoms with Crippen LogP contribution < -0.4 is 5.32 Å². The molecule has 0 radical (unpaired) electrons. The second-order valence-corrected chi connectivity index (χ2v) is 6.03. The van der Waals surface area contributed by atoms with Crippen molar-refractivity contribution in [3.05, 3.63) is 0 Å². The first-order valence-corrected chi connectivity index (χ1v) is 8.39. The Balaban J connectivity index is 0.00000400. The lowest BCUT2D eigenvalue weighted by Gasteiger charge is -2.29. The average molecular weight is 410 g/mol. The molecule has 0 atom stereocenters. The van der Waals surface area contributed by atoms with Crippen LogP contribution in [-0.4, -0.2) is 62.1 Å². The van der Waals surface area contributed by atoms with Gasteiger partial charge in [0.25, 0.3) is 0 Å². The predicted octanol–water partition coefficient (Wildman–Crippen LogP) is 3.03. The fraction of sp³-hybridized carbons (Fsp3) is 0.938. The Morgan fingerprint density at radius 1 is 1.29 bits per heavy atom. The SMILES string of the molecule is CCCCN(C)C(=NCCN1CCC(C)CC1)NCC.I. The Bertz CT molecular complexity index is 275. The maximum Gasteiger partial charge on any atom is 0.193 e. The summed E-state index contributed by atoms with van der Waals surface area (Å²) in [4.78, 5) is 9.58. The second-order valence-electron chi connectivity index (χ2n) is 6.03. The molecule has 1 saturated heterocycles. The molecule has 0 aromatic heterocycles. The number of nitrogens with one attached hydrogen (secondary N) is 1. The highest BCUT2D eigenvalue weighted by molar-refractivity contribution is 14.0. The van der Waals surface area contributed by atoms with Crippen molar-refractivity contribution in [1.82, 2.24) is 15.1 Å². The van der Waals surface area contributed by atoms with Gasteiger partial charge in [-0.2, -0.15) is 0 Å². The van der Waals surface area contributed by atoms with Gasteiger partial charge < -0.3 is 15.1 Å². The topological polar surface area (TPSA) is 30.9 Å². The zero-order valence-corrected chi connectivity index (χ0v) is 16.7. The van der Waals surface area contributed by atoms with Gasteiger partial charge in [0.2, 0.25) is 0 Å². The molecule has 0 bridgehead atoms. The second kappa shape index (κ2) is 12.5. The first-order valence-electron chi connectivity index (χ1n) is 8.39. The lowest BCUT2D eigenvalue weighted by molar-refractivity contribution is 0.197. The summed E-state index contributed by atoms with van der Waals surface area (Å²) >= 11 is 0. The van der Waals surface area contributed by atoms with Crippen molar-refractivity contribution < 1.29 is 0 Å². The number of guanidine groups is 1. The lowest BCUT2D eigenvalue weighted by atomic mass is 9.99. The normalized spacial score (nSPS) is 17.4. The van der Waals surface area contributed by atoms with Crippen molar-refractivity contribution in [2.24, 2.45) is 10.9 Å². The molecule has 1 rings (SSSR count). The van der Waals surface area contributed by atoms with Gasteiger partial charge in [-0.3, -0.25) is 4.99 Å². The van der Waals surface area contributed by atoms with Crippen LogP contribution in [-0.2, 0) is 0 Å². The highest BCUT2D eigenvalue weighted by Crippen LogP contribution is 2.15. The van der Waals surface area contributed by atoms with Crippen molar-refractivity contribution in [3.8, 4) is 0 Å². The van der Waals surface area contributed by atoms with Gasteiger partial charge in [0.15, 0.2) is 5.96 Å².